The van der Waals surface area contributed by atoms with Crippen molar-refractivity contribution < 1.29 is 14.3 Å². The number of amides is 1. The number of benzene rings is 2. The fraction of sp³-hybridized carbons (Fsp3) is 0.0588. The first-order valence-electron chi connectivity index (χ1n) is 6.41. The zero-order valence-electron chi connectivity index (χ0n) is 11.6. The van der Waals surface area contributed by atoms with Crippen molar-refractivity contribution in [2.45, 2.75) is 6.92 Å². The van der Waals surface area contributed by atoms with Gasteiger partial charge in [-0.15, -0.1) is 0 Å². The van der Waals surface area contributed by atoms with Crippen molar-refractivity contribution in [3.8, 4) is 5.75 Å². The maximum atomic E-state index is 12.0. The van der Waals surface area contributed by atoms with Crippen LogP contribution in [0.4, 0.5) is 0 Å². The van der Waals surface area contributed by atoms with Gasteiger partial charge >= 0.3 is 5.97 Å². The maximum Gasteiger partial charge on any atom is 0.343 e. The van der Waals surface area contributed by atoms with E-state index in [1.165, 1.54) is 6.08 Å². The van der Waals surface area contributed by atoms with E-state index in [9.17, 15) is 9.59 Å². The largest absolute Gasteiger partial charge is 0.423 e. The van der Waals surface area contributed by atoms with Crippen LogP contribution in [0.15, 0.2) is 54.6 Å². The van der Waals surface area contributed by atoms with Crippen molar-refractivity contribution in [3.63, 3.8) is 0 Å². The fourth-order valence-corrected chi connectivity index (χ4v) is 1.80. The number of primary amides is 1. The molecule has 0 atom stereocenters. The molecule has 2 N–H and O–H groups in total. The summed E-state index contributed by atoms with van der Waals surface area (Å²) in [5.74, 6) is -0.542. The second kappa shape index (κ2) is 6.52. The van der Waals surface area contributed by atoms with Gasteiger partial charge < -0.3 is 10.5 Å². The van der Waals surface area contributed by atoms with Crippen LogP contribution in [-0.2, 0) is 4.79 Å². The molecule has 0 radical (unpaired) electrons. The van der Waals surface area contributed by atoms with Gasteiger partial charge in [0.05, 0.1) is 5.56 Å². The smallest absolute Gasteiger partial charge is 0.343 e. The van der Waals surface area contributed by atoms with Gasteiger partial charge in [0.1, 0.15) is 5.75 Å². The van der Waals surface area contributed by atoms with E-state index in [0.29, 0.717) is 11.3 Å². The Balaban J connectivity index is 2.14. The van der Waals surface area contributed by atoms with Crippen LogP contribution in [0.5, 0.6) is 5.75 Å². The average Bonchev–Trinajstić information content (AvgIpc) is 2.45. The molecule has 2 aromatic rings. The average molecular weight is 281 g/mol. The molecule has 2 rings (SSSR count). The zero-order valence-corrected chi connectivity index (χ0v) is 11.6. The molecule has 4 nitrogen and oxygen atoms in total. The van der Waals surface area contributed by atoms with E-state index in [2.05, 4.69) is 0 Å². The van der Waals surface area contributed by atoms with Crippen molar-refractivity contribution in [2.24, 2.45) is 5.73 Å². The van der Waals surface area contributed by atoms with Gasteiger partial charge in [-0.1, -0.05) is 29.8 Å². The minimum absolute atomic E-state index is 0.410. The van der Waals surface area contributed by atoms with E-state index in [-0.39, 0.29) is 0 Å². The molecule has 4 heteroatoms. The Bertz CT molecular complexity index is 705. The van der Waals surface area contributed by atoms with Crippen molar-refractivity contribution in [1.29, 1.82) is 0 Å². The van der Waals surface area contributed by atoms with Crippen molar-refractivity contribution >= 4 is 18.0 Å². The minimum atomic E-state index is -0.530. The van der Waals surface area contributed by atoms with E-state index in [0.717, 1.165) is 11.1 Å². The van der Waals surface area contributed by atoms with E-state index in [1.54, 1.807) is 48.5 Å². The number of carbonyl (C=O) groups is 2. The van der Waals surface area contributed by atoms with Gasteiger partial charge in [0.15, 0.2) is 0 Å². The highest BCUT2D eigenvalue weighted by Crippen LogP contribution is 2.16. The summed E-state index contributed by atoms with van der Waals surface area (Å²) in [5, 5.41) is 0. The Kier molecular flexibility index (Phi) is 4.51. The van der Waals surface area contributed by atoms with E-state index in [4.69, 9.17) is 10.5 Å². The summed E-state index contributed by atoms with van der Waals surface area (Å²) >= 11 is 0. The Labute approximate surface area is 122 Å². The molecule has 0 unspecified atom stereocenters. The van der Waals surface area contributed by atoms with Crippen LogP contribution < -0.4 is 10.5 Å². The first-order chi connectivity index (χ1) is 10.0. The third kappa shape index (κ3) is 4.31. The second-order valence-electron chi connectivity index (χ2n) is 4.57. The number of esters is 1. The normalized spacial score (nSPS) is 10.5. The number of hydrogen-bond donors (Lipinski definition) is 1. The van der Waals surface area contributed by atoms with Crippen LogP contribution in [0.3, 0.4) is 0 Å². The molecule has 1 amide bonds. The maximum absolute atomic E-state index is 12.0. The highest BCUT2D eigenvalue weighted by atomic mass is 16.5. The lowest BCUT2D eigenvalue weighted by Crippen LogP contribution is -2.08. The molecule has 0 bridgehead atoms. The monoisotopic (exact) mass is 281 g/mol. The Morgan fingerprint density at radius 3 is 2.57 bits per heavy atom. The third-order valence-corrected chi connectivity index (χ3v) is 2.76. The summed E-state index contributed by atoms with van der Waals surface area (Å²) in [4.78, 5) is 22.7. The molecule has 2 aromatic carbocycles. The number of hydrogen-bond acceptors (Lipinski definition) is 3. The topological polar surface area (TPSA) is 69.4 Å². The molecule has 0 aromatic heterocycles. The molecule has 0 heterocycles. The number of nitrogens with two attached hydrogens (primary N) is 1. The van der Waals surface area contributed by atoms with Crippen LogP contribution in [0.25, 0.3) is 6.08 Å². The fourth-order valence-electron chi connectivity index (χ4n) is 1.80. The second-order valence-corrected chi connectivity index (χ2v) is 4.57. The third-order valence-electron chi connectivity index (χ3n) is 2.76. The molecule has 0 aliphatic carbocycles. The van der Waals surface area contributed by atoms with Gasteiger partial charge in [-0.25, -0.2) is 4.79 Å². The molecule has 0 saturated heterocycles. The van der Waals surface area contributed by atoms with Crippen LogP contribution in [0, 0.1) is 6.92 Å². The lowest BCUT2D eigenvalue weighted by molar-refractivity contribution is -0.113. The van der Waals surface area contributed by atoms with Gasteiger partial charge in [0, 0.05) is 6.08 Å². The quantitative estimate of drug-likeness (QED) is 0.532. The van der Waals surface area contributed by atoms with Crippen molar-refractivity contribution in [3.05, 3.63) is 71.3 Å². The summed E-state index contributed by atoms with van der Waals surface area (Å²) in [7, 11) is 0. The highest BCUT2D eigenvalue weighted by molar-refractivity contribution is 5.92. The molecule has 106 valence electrons. The SMILES string of the molecule is Cc1cccc(C(=O)Oc2cccc(/C=C/C(N)=O)c2)c1. The van der Waals surface area contributed by atoms with E-state index < -0.39 is 11.9 Å². The van der Waals surface area contributed by atoms with Crippen LogP contribution in [0.1, 0.15) is 21.5 Å². The predicted molar refractivity (Wildman–Crippen MR) is 80.8 cm³/mol. The van der Waals surface area contributed by atoms with Gasteiger partial charge in [-0.2, -0.15) is 0 Å². The Morgan fingerprint density at radius 2 is 1.86 bits per heavy atom. The molecule has 0 aliphatic heterocycles. The highest BCUT2D eigenvalue weighted by Gasteiger charge is 2.08. The zero-order chi connectivity index (χ0) is 15.2. The summed E-state index contributed by atoms with van der Waals surface area (Å²) in [6.07, 6.45) is 2.81. The summed E-state index contributed by atoms with van der Waals surface area (Å²) in [6.45, 7) is 1.91. The summed E-state index contributed by atoms with van der Waals surface area (Å²) in [6, 6.07) is 14.0. The van der Waals surface area contributed by atoms with Crippen LogP contribution in [-0.4, -0.2) is 11.9 Å². The Hall–Kier alpha value is -2.88. The lowest BCUT2D eigenvalue weighted by atomic mass is 10.1. The summed E-state index contributed by atoms with van der Waals surface area (Å²) < 4.78 is 5.31. The molecular weight excluding hydrogens is 266 g/mol. The molecular formula is C17H15NO3. The summed E-state index contributed by atoms with van der Waals surface area (Å²) in [5.41, 5.74) is 7.25. The number of ether oxygens (including phenoxy) is 1. The predicted octanol–water partition coefficient (Wildman–Crippen LogP) is 2.71. The number of carbonyl (C=O) groups excluding carboxylic acids is 2. The van der Waals surface area contributed by atoms with Crippen LogP contribution >= 0.6 is 0 Å². The first kappa shape index (κ1) is 14.5. The molecule has 21 heavy (non-hydrogen) atoms. The first-order valence-corrected chi connectivity index (χ1v) is 6.41. The lowest BCUT2D eigenvalue weighted by Gasteiger charge is -2.05. The Morgan fingerprint density at radius 1 is 1.10 bits per heavy atom. The number of rotatable bonds is 4. The molecule has 0 fully saturated rings. The standard InChI is InChI=1S/C17H15NO3/c1-12-4-2-6-14(10-12)17(20)21-15-7-3-5-13(11-15)8-9-16(18)19/h2-11H,1H3,(H2,18,19)/b9-8+. The minimum Gasteiger partial charge on any atom is -0.423 e. The van der Waals surface area contributed by atoms with E-state index in [1.807, 2.05) is 13.0 Å². The number of aryl methyl sites for hydroxylation is 1. The van der Waals surface area contributed by atoms with Crippen LogP contribution in [0.2, 0.25) is 0 Å². The molecule has 0 spiro atoms. The van der Waals surface area contributed by atoms with Crippen molar-refractivity contribution in [1.82, 2.24) is 0 Å². The van der Waals surface area contributed by atoms with Gasteiger partial charge in [0.2, 0.25) is 5.91 Å². The van der Waals surface area contributed by atoms with E-state index >= 15 is 0 Å². The van der Waals surface area contributed by atoms with Gasteiger partial charge in [-0.3, -0.25) is 4.79 Å². The molecule has 0 aliphatic rings. The van der Waals surface area contributed by atoms with Crippen molar-refractivity contribution in [2.75, 3.05) is 0 Å². The van der Waals surface area contributed by atoms with Gasteiger partial charge in [-0.05, 0) is 42.8 Å². The molecule has 0 saturated carbocycles. The van der Waals surface area contributed by atoms with Gasteiger partial charge in [0.25, 0.3) is 0 Å².